The third-order valence-corrected chi connectivity index (χ3v) is 17.4. The molecule has 7 aromatic rings. The minimum Gasteiger partial charge on any atom is -0.497 e. The highest BCUT2D eigenvalue weighted by molar-refractivity contribution is 7.88. The maximum absolute atomic E-state index is 14.6. The van der Waals surface area contributed by atoms with Crippen molar-refractivity contribution in [3.63, 3.8) is 0 Å². The molecule has 2 saturated heterocycles. The molecule has 2 fully saturated rings. The standard InChI is InChI=1S/C59H66N9O11PS/c1-39(2)53(69)63-56-62-52-49(54(64-56)77-57(70)67(45-22-15-11-16-23-45)46-24-17-12-18-25-46)61-38-65(52)55-50-51(79-80(76-35-19-34-60)68(40(3)4)41(5)6)58(78-55,36-66(50)81(9,71)72)37-75-59(42-20-13-10-14-21-42,43-26-30-47(73-7)31-27-43)44-28-32-48(74-8)33-29-44/h10-18,20-33,38-41,50-51,55H,19,35-37H2,1-9H3,(H,62,63,64,69)/t50-,51+,55-,58-,80?/m1/s1. The summed E-state index contributed by atoms with van der Waals surface area (Å²) < 4.78 is 80.4. The number of methoxy groups -OCH3 is 2. The van der Waals surface area contributed by atoms with Crippen molar-refractivity contribution in [2.24, 2.45) is 5.92 Å². The van der Waals surface area contributed by atoms with Gasteiger partial charge in [-0.3, -0.25) is 14.7 Å². The number of anilines is 3. The molecule has 0 aliphatic carbocycles. The Balaban J connectivity index is 1.24. The van der Waals surface area contributed by atoms with E-state index in [1.807, 2.05) is 119 Å². The summed E-state index contributed by atoms with van der Waals surface area (Å²) in [6.45, 7) is 10.9. The van der Waals surface area contributed by atoms with Gasteiger partial charge in [0.25, 0.3) is 14.4 Å². The Hall–Kier alpha value is -7.38. The fourth-order valence-corrected chi connectivity index (χ4v) is 13.2. The topological polar surface area (TPSA) is 222 Å². The highest BCUT2D eigenvalue weighted by Crippen LogP contribution is 2.58. The van der Waals surface area contributed by atoms with Crippen LogP contribution in [0, 0.1) is 17.2 Å². The second-order valence-electron chi connectivity index (χ2n) is 20.4. The number of nitriles is 1. The SMILES string of the molecule is COc1ccc(C(OC[C@@]23CN(S(C)(=O)=O)[C@@H]([C@H](n4cnc5c(OC(=O)N(c6ccccc6)c6ccccc6)nc(NC(=O)C(C)C)nc54)O2)[C@@H]3OP(OCCC#N)N(C(C)C)C(C)C)(c2ccccc2)c2ccc(OC)cc2)cc1. The van der Waals surface area contributed by atoms with Crippen LogP contribution in [0.3, 0.4) is 0 Å². The van der Waals surface area contributed by atoms with Crippen LogP contribution >= 0.6 is 8.53 Å². The summed E-state index contributed by atoms with van der Waals surface area (Å²) >= 11 is 0. The summed E-state index contributed by atoms with van der Waals surface area (Å²) in [5, 5.41) is 12.5. The molecule has 0 spiro atoms. The van der Waals surface area contributed by atoms with Crippen LogP contribution in [0.5, 0.6) is 17.4 Å². The number of fused-ring (bicyclic) bond motifs is 3. The number of carbonyl (C=O) groups is 2. The third kappa shape index (κ3) is 12.0. The Morgan fingerprint density at radius 3 is 1.86 bits per heavy atom. The van der Waals surface area contributed by atoms with Gasteiger partial charge in [0.15, 0.2) is 17.4 Å². The van der Waals surface area contributed by atoms with Gasteiger partial charge in [0.1, 0.15) is 28.8 Å². The normalized spacial score (nSPS) is 18.6. The predicted molar refractivity (Wildman–Crippen MR) is 306 cm³/mol. The summed E-state index contributed by atoms with van der Waals surface area (Å²) in [5.74, 6) is -0.250. The van der Waals surface area contributed by atoms with Gasteiger partial charge in [0.05, 0.1) is 69.9 Å². The van der Waals surface area contributed by atoms with E-state index in [1.165, 1.54) is 20.1 Å². The fraction of sp³-hybridized carbons (Fsp3) is 0.356. The number of aromatic nitrogens is 4. The van der Waals surface area contributed by atoms with E-state index in [9.17, 15) is 23.3 Å². The molecular formula is C59H66N9O11PS. The second-order valence-corrected chi connectivity index (χ2v) is 23.8. The van der Waals surface area contributed by atoms with E-state index in [-0.39, 0.29) is 61.3 Å². The second kappa shape index (κ2) is 24.8. The number of benzene rings is 5. The number of hydrogen-bond acceptors (Lipinski definition) is 16. The molecule has 0 radical (unpaired) electrons. The van der Waals surface area contributed by atoms with Gasteiger partial charge in [0, 0.05) is 24.5 Å². The zero-order valence-corrected chi connectivity index (χ0v) is 48.3. The van der Waals surface area contributed by atoms with Crippen molar-refractivity contribution in [2.75, 3.05) is 50.5 Å². The van der Waals surface area contributed by atoms with Gasteiger partial charge < -0.3 is 32.7 Å². The van der Waals surface area contributed by atoms with E-state index in [1.54, 1.807) is 76.6 Å². The fourth-order valence-electron chi connectivity index (χ4n) is 10.3. The first-order valence-electron chi connectivity index (χ1n) is 26.5. The van der Waals surface area contributed by atoms with E-state index in [0.717, 1.165) is 11.8 Å². The number of imidazole rings is 1. The number of rotatable bonds is 23. The summed E-state index contributed by atoms with van der Waals surface area (Å²) in [6.07, 6.45) is -0.723. The molecule has 424 valence electrons. The highest BCUT2D eigenvalue weighted by atomic mass is 32.2. The number of ether oxygens (including phenoxy) is 5. The van der Waals surface area contributed by atoms with Gasteiger partial charge >= 0.3 is 6.09 Å². The number of morpholine rings is 1. The summed E-state index contributed by atoms with van der Waals surface area (Å²) in [5.41, 5.74) is 0.0813. The first-order chi connectivity index (χ1) is 38.9. The van der Waals surface area contributed by atoms with Crippen molar-refractivity contribution < 1.29 is 50.7 Å². The molecule has 22 heteroatoms. The van der Waals surface area contributed by atoms with Crippen molar-refractivity contribution >= 4 is 59.0 Å². The van der Waals surface area contributed by atoms with E-state index < -0.39 is 66.0 Å². The molecule has 2 aliphatic rings. The van der Waals surface area contributed by atoms with E-state index in [2.05, 4.69) is 21.0 Å². The predicted octanol–water partition coefficient (Wildman–Crippen LogP) is 10.4. The number of sulfonamides is 1. The first kappa shape index (κ1) is 58.3. The van der Waals surface area contributed by atoms with Crippen LogP contribution in [0.2, 0.25) is 0 Å². The number of hydrogen-bond donors (Lipinski definition) is 1. The van der Waals surface area contributed by atoms with Gasteiger partial charge in [-0.25, -0.2) is 27.8 Å². The lowest BCUT2D eigenvalue weighted by Crippen LogP contribution is -2.51. The van der Waals surface area contributed by atoms with E-state index >= 15 is 0 Å². The lowest BCUT2D eigenvalue weighted by molar-refractivity contribution is -0.168. The molecule has 5 atom stereocenters. The summed E-state index contributed by atoms with van der Waals surface area (Å²) in [6, 6.07) is 43.2. The van der Waals surface area contributed by atoms with Gasteiger partial charge in [-0.1, -0.05) is 105 Å². The number of para-hydroxylation sites is 2. The van der Waals surface area contributed by atoms with Gasteiger partial charge in [0.2, 0.25) is 21.9 Å². The van der Waals surface area contributed by atoms with E-state index in [0.29, 0.717) is 34.0 Å². The Morgan fingerprint density at radius 2 is 1.36 bits per heavy atom. The summed E-state index contributed by atoms with van der Waals surface area (Å²) in [7, 11) is -3.02. The number of nitrogens with zero attached hydrogens (tertiary/aromatic N) is 8. The van der Waals surface area contributed by atoms with Gasteiger partial charge in [-0.15, -0.1) is 0 Å². The zero-order chi connectivity index (χ0) is 57.6. The first-order valence-corrected chi connectivity index (χ1v) is 29.5. The molecule has 20 nitrogen and oxygen atoms in total. The van der Waals surface area contributed by atoms with Crippen LogP contribution in [0.4, 0.5) is 22.1 Å². The van der Waals surface area contributed by atoms with Gasteiger partial charge in [-0.05, 0) is 92.9 Å². The number of amides is 2. The molecule has 9 rings (SSSR count). The molecule has 1 N–H and O–H groups in total. The maximum Gasteiger partial charge on any atom is 0.425 e. The number of nitrogens with one attached hydrogen (secondary N) is 1. The van der Waals surface area contributed by atoms with Crippen molar-refractivity contribution in [1.29, 1.82) is 5.26 Å². The van der Waals surface area contributed by atoms with E-state index in [4.69, 9.17) is 42.7 Å². The molecule has 2 bridgehead atoms. The lowest BCUT2D eigenvalue weighted by Gasteiger charge is -2.42. The van der Waals surface area contributed by atoms with Crippen LogP contribution in [-0.4, -0.2) is 119 Å². The average Bonchev–Trinajstić information content (AvgIpc) is 4.00. The van der Waals surface area contributed by atoms with Crippen molar-refractivity contribution in [3.8, 4) is 23.4 Å². The van der Waals surface area contributed by atoms with Gasteiger partial charge in [-0.2, -0.15) is 19.5 Å². The maximum atomic E-state index is 14.6. The van der Waals surface area contributed by atoms with Crippen molar-refractivity contribution in [3.05, 3.63) is 163 Å². The minimum atomic E-state index is -4.14. The highest BCUT2D eigenvalue weighted by Gasteiger charge is 2.69. The molecule has 2 aliphatic heterocycles. The smallest absolute Gasteiger partial charge is 0.425 e. The van der Waals surface area contributed by atoms with Crippen LogP contribution in [0.15, 0.2) is 146 Å². The molecule has 4 heterocycles. The largest absolute Gasteiger partial charge is 0.497 e. The molecule has 2 aromatic heterocycles. The Labute approximate surface area is 473 Å². The third-order valence-electron chi connectivity index (χ3n) is 14.0. The monoisotopic (exact) mass is 1140 g/mol. The zero-order valence-electron chi connectivity index (χ0n) is 46.6. The molecule has 0 saturated carbocycles. The van der Waals surface area contributed by atoms with Crippen LogP contribution in [0.1, 0.15) is 70.9 Å². The quantitative estimate of drug-likeness (QED) is 0.0357. The number of carbonyl (C=O) groups excluding carboxylic acids is 2. The molecule has 1 unspecified atom stereocenters. The molecular weight excluding hydrogens is 1070 g/mol. The minimum absolute atomic E-state index is 0.0120. The Bertz CT molecular complexity index is 3350. The van der Waals surface area contributed by atoms with Crippen molar-refractivity contribution in [1.82, 2.24) is 28.5 Å². The molecule has 5 aromatic carbocycles. The Morgan fingerprint density at radius 1 is 0.815 bits per heavy atom. The van der Waals surface area contributed by atoms with Crippen LogP contribution in [-0.2, 0) is 38.9 Å². The van der Waals surface area contributed by atoms with Crippen LogP contribution in [0.25, 0.3) is 11.2 Å². The van der Waals surface area contributed by atoms with Crippen LogP contribution < -0.4 is 24.4 Å². The summed E-state index contributed by atoms with van der Waals surface area (Å²) in [4.78, 5) is 43.6. The lowest BCUT2D eigenvalue weighted by atomic mass is 9.79. The molecule has 2 amide bonds. The van der Waals surface area contributed by atoms with Crippen molar-refractivity contribution in [2.45, 2.75) is 89.6 Å². The average molecular weight is 1140 g/mol. The Kier molecular flexibility index (Phi) is 17.8. The molecule has 81 heavy (non-hydrogen) atoms.